The van der Waals surface area contributed by atoms with Gasteiger partial charge >= 0.3 is 0 Å². The summed E-state index contributed by atoms with van der Waals surface area (Å²) in [6.07, 6.45) is 12.3. The molecule has 0 saturated carbocycles. The average molecular weight is 224 g/mol. The van der Waals surface area contributed by atoms with Crippen LogP contribution in [-0.4, -0.2) is 6.29 Å². The summed E-state index contributed by atoms with van der Waals surface area (Å²) in [7, 11) is 0. The highest BCUT2D eigenvalue weighted by Gasteiger charge is 1.82. The molecular formula is C16H16O. The van der Waals surface area contributed by atoms with Crippen molar-refractivity contribution >= 4 is 6.29 Å². The number of rotatable bonds is 6. The van der Waals surface area contributed by atoms with Crippen molar-refractivity contribution in [3.63, 3.8) is 0 Å². The average Bonchev–Trinajstić information content (AvgIpc) is 2.35. The van der Waals surface area contributed by atoms with Gasteiger partial charge in [-0.05, 0) is 55.9 Å². The molecule has 0 saturated heterocycles. The second-order valence-electron chi connectivity index (χ2n) is 3.13. The van der Waals surface area contributed by atoms with Crippen molar-refractivity contribution in [1.29, 1.82) is 0 Å². The molecule has 86 valence electrons. The number of unbranched alkanes of at least 4 members (excludes halogenated alkanes) is 3. The first-order chi connectivity index (χ1) is 8.41. The van der Waals surface area contributed by atoms with Crippen LogP contribution in [0.4, 0.5) is 0 Å². The molecule has 0 aromatic carbocycles. The molecule has 0 aromatic heterocycles. The Hall–Kier alpha value is -2.17. The number of carbonyl (C=O) groups excluding carboxylic acids is 1. The van der Waals surface area contributed by atoms with Gasteiger partial charge in [-0.25, -0.2) is 0 Å². The van der Waals surface area contributed by atoms with Gasteiger partial charge in [-0.3, -0.25) is 0 Å². The van der Waals surface area contributed by atoms with Gasteiger partial charge in [0.15, 0.2) is 0 Å². The molecule has 0 bridgehead atoms. The molecule has 0 aliphatic carbocycles. The van der Waals surface area contributed by atoms with Crippen LogP contribution in [0.15, 0.2) is 24.3 Å². The SMILES string of the molecule is CC#CC#CC#CC=CC=CCCCCC=O. The van der Waals surface area contributed by atoms with Crippen molar-refractivity contribution < 1.29 is 4.79 Å². The van der Waals surface area contributed by atoms with Crippen molar-refractivity contribution in [3.8, 4) is 35.5 Å². The Labute approximate surface area is 104 Å². The summed E-state index contributed by atoms with van der Waals surface area (Å²) in [5, 5.41) is 0. The molecular weight excluding hydrogens is 208 g/mol. The summed E-state index contributed by atoms with van der Waals surface area (Å²) in [5.74, 6) is 15.9. The molecule has 1 heteroatoms. The molecule has 0 radical (unpaired) electrons. The number of aldehydes is 1. The van der Waals surface area contributed by atoms with Gasteiger partial charge in [0.25, 0.3) is 0 Å². The Balaban J connectivity index is 3.65. The predicted molar refractivity (Wildman–Crippen MR) is 71.8 cm³/mol. The minimum absolute atomic E-state index is 0.661. The number of hydrogen-bond acceptors (Lipinski definition) is 1. The molecule has 0 unspecified atom stereocenters. The summed E-state index contributed by atoms with van der Waals surface area (Å²) in [6, 6.07) is 0. The molecule has 0 N–H and O–H groups in total. The molecule has 0 fully saturated rings. The molecule has 0 amide bonds. The third-order valence-electron chi connectivity index (χ3n) is 1.75. The fourth-order valence-electron chi connectivity index (χ4n) is 0.971. The third-order valence-corrected chi connectivity index (χ3v) is 1.75. The summed E-state index contributed by atoms with van der Waals surface area (Å²) in [5.41, 5.74) is 0. The topological polar surface area (TPSA) is 17.1 Å². The highest BCUT2D eigenvalue weighted by Crippen LogP contribution is 1.98. The van der Waals surface area contributed by atoms with Crippen LogP contribution in [0.5, 0.6) is 0 Å². The van der Waals surface area contributed by atoms with Crippen LogP contribution < -0.4 is 0 Å². The van der Waals surface area contributed by atoms with Gasteiger partial charge in [-0.15, -0.1) is 0 Å². The zero-order valence-electron chi connectivity index (χ0n) is 10.1. The van der Waals surface area contributed by atoms with E-state index in [-0.39, 0.29) is 0 Å². The van der Waals surface area contributed by atoms with Crippen molar-refractivity contribution in [1.82, 2.24) is 0 Å². The van der Waals surface area contributed by atoms with E-state index in [9.17, 15) is 4.79 Å². The smallest absolute Gasteiger partial charge is 0.119 e. The van der Waals surface area contributed by atoms with E-state index < -0.39 is 0 Å². The molecule has 0 aromatic rings. The zero-order valence-corrected chi connectivity index (χ0v) is 10.1. The fourth-order valence-corrected chi connectivity index (χ4v) is 0.971. The number of allylic oxidation sites excluding steroid dienone is 4. The lowest BCUT2D eigenvalue weighted by Crippen LogP contribution is -1.75. The Morgan fingerprint density at radius 3 is 2.47 bits per heavy atom. The van der Waals surface area contributed by atoms with E-state index in [1.165, 1.54) is 0 Å². The summed E-state index contributed by atoms with van der Waals surface area (Å²) < 4.78 is 0. The third kappa shape index (κ3) is 13.8. The summed E-state index contributed by atoms with van der Waals surface area (Å²) >= 11 is 0. The van der Waals surface area contributed by atoms with E-state index in [2.05, 4.69) is 41.6 Å². The number of hydrogen-bond donors (Lipinski definition) is 0. The van der Waals surface area contributed by atoms with Gasteiger partial charge in [0, 0.05) is 6.42 Å². The molecule has 0 rings (SSSR count). The molecule has 0 aliphatic rings. The van der Waals surface area contributed by atoms with Crippen LogP contribution in [0.3, 0.4) is 0 Å². The van der Waals surface area contributed by atoms with Gasteiger partial charge in [-0.1, -0.05) is 30.1 Å². The van der Waals surface area contributed by atoms with Crippen LogP contribution in [0.2, 0.25) is 0 Å². The van der Waals surface area contributed by atoms with Crippen molar-refractivity contribution in [2.24, 2.45) is 0 Å². The van der Waals surface area contributed by atoms with Crippen LogP contribution in [-0.2, 0) is 4.79 Å². The highest BCUT2D eigenvalue weighted by molar-refractivity contribution is 5.48. The molecule has 1 nitrogen and oxygen atoms in total. The van der Waals surface area contributed by atoms with E-state index in [1.54, 1.807) is 13.0 Å². The van der Waals surface area contributed by atoms with E-state index in [1.807, 2.05) is 12.2 Å². The lowest BCUT2D eigenvalue weighted by Gasteiger charge is -1.88. The normalized spacial score (nSPS) is 8.76. The van der Waals surface area contributed by atoms with Gasteiger partial charge in [0.05, 0.1) is 0 Å². The van der Waals surface area contributed by atoms with Gasteiger partial charge in [-0.2, -0.15) is 0 Å². The molecule has 17 heavy (non-hydrogen) atoms. The Morgan fingerprint density at radius 1 is 0.941 bits per heavy atom. The first-order valence-electron chi connectivity index (χ1n) is 5.59. The quantitative estimate of drug-likeness (QED) is 0.293. The maximum absolute atomic E-state index is 10.0. The van der Waals surface area contributed by atoms with E-state index in [0.717, 1.165) is 25.5 Å². The maximum Gasteiger partial charge on any atom is 0.119 e. The highest BCUT2D eigenvalue weighted by atomic mass is 16.1. The molecule has 0 atom stereocenters. The van der Waals surface area contributed by atoms with Crippen LogP contribution in [0.25, 0.3) is 0 Å². The number of carbonyl (C=O) groups is 1. The Morgan fingerprint density at radius 2 is 1.71 bits per heavy atom. The van der Waals surface area contributed by atoms with Crippen LogP contribution in [0, 0.1) is 35.5 Å². The molecule has 0 aliphatic heterocycles. The maximum atomic E-state index is 10.0. The van der Waals surface area contributed by atoms with Crippen molar-refractivity contribution in [2.45, 2.75) is 32.6 Å². The first kappa shape index (κ1) is 14.8. The largest absolute Gasteiger partial charge is 0.303 e. The second-order valence-corrected chi connectivity index (χ2v) is 3.13. The molecule has 0 spiro atoms. The van der Waals surface area contributed by atoms with E-state index in [4.69, 9.17) is 0 Å². The minimum atomic E-state index is 0.661. The fraction of sp³-hybridized carbons (Fsp3) is 0.312. The first-order valence-corrected chi connectivity index (χ1v) is 5.59. The van der Waals surface area contributed by atoms with Crippen LogP contribution >= 0.6 is 0 Å². The van der Waals surface area contributed by atoms with Crippen molar-refractivity contribution in [3.05, 3.63) is 24.3 Å². The minimum Gasteiger partial charge on any atom is -0.303 e. The molecule has 0 heterocycles. The van der Waals surface area contributed by atoms with Crippen molar-refractivity contribution in [2.75, 3.05) is 0 Å². The standard InChI is InChI=1S/C16H16O/c1-2-3-4-5-6-7-8-9-10-11-12-13-14-15-16-17/h8-11,16H,12-15H2,1H3. The van der Waals surface area contributed by atoms with E-state index >= 15 is 0 Å². The summed E-state index contributed by atoms with van der Waals surface area (Å²) in [6.45, 7) is 1.74. The zero-order chi connectivity index (χ0) is 12.6. The van der Waals surface area contributed by atoms with E-state index in [0.29, 0.717) is 6.42 Å². The lowest BCUT2D eigenvalue weighted by molar-refractivity contribution is -0.107. The van der Waals surface area contributed by atoms with Gasteiger partial charge < -0.3 is 4.79 Å². The second kappa shape index (κ2) is 13.8. The van der Waals surface area contributed by atoms with Gasteiger partial charge in [0.2, 0.25) is 0 Å². The monoisotopic (exact) mass is 224 g/mol. The summed E-state index contributed by atoms with van der Waals surface area (Å²) in [4.78, 5) is 10.0. The lowest BCUT2D eigenvalue weighted by atomic mass is 10.2. The van der Waals surface area contributed by atoms with Crippen LogP contribution in [0.1, 0.15) is 32.6 Å². The Bertz CT molecular complexity index is 433. The Kier molecular flexibility index (Phi) is 12.1. The van der Waals surface area contributed by atoms with Gasteiger partial charge in [0.1, 0.15) is 6.29 Å². The predicted octanol–water partition coefficient (Wildman–Crippen LogP) is 2.89.